The van der Waals surface area contributed by atoms with Crippen LogP contribution in [-0.2, 0) is 12.0 Å². The van der Waals surface area contributed by atoms with Crippen molar-refractivity contribution in [2.45, 2.75) is 63.9 Å². The van der Waals surface area contributed by atoms with Crippen molar-refractivity contribution in [3.8, 4) is 0 Å². The number of hydrogen-bond donors (Lipinski definition) is 0. The van der Waals surface area contributed by atoms with Gasteiger partial charge < -0.3 is 0 Å². The van der Waals surface area contributed by atoms with Gasteiger partial charge in [-0.3, -0.25) is 0 Å². The van der Waals surface area contributed by atoms with Crippen molar-refractivity contribution in [2.24, 2.45) is 0 Å². The predicted molar refractivity (Wildman–Crippen MR) is 86.1 cm³/mol. The number of alkyl halides is 1. The summed E-state index contributed by atoms with van der Waals surface area (Å²) >= 11 is 6.05. The van der Waals surface area contributed by atoms with Gasteiger partial charge in [-0.25, -0.2) is 0 Å². The zero-order chi connectivity index (χ0) is 14.0. The van der Waals surface area contributed by atoms with Crippen LogP contribution in [0.1, 0.15) is 52.7 Å². The van der Waals surface area contributed by atoms with E-state index in [1.54, 1.807) is 0 Å². The number of hydrogen-bond acceptors (Lipinski definition) is 0. The van der Waals surface area contributed by atoms with Crippen LogP contribution in [0.4, 0.5) is 0 Å². The second-order valence-corrected chi connectivity index (χ2v) is 11.0. The Morgan fingerprint density at radius 2 is 1.33 bits per heavy atom. The maximum absolute atomic E-state index is 6.05. The van der Waals surface area contributed by atoms with Crippen molar-refractivity contribution >= 4 is 19.5 Å². The van der Waals surface area contributed by atoms with Crippen LogP contribution in [0.2, 0.25) is 0 Å². The van der Waals surface area contributed by atoms with Gasteiger partial charge in [-0.15, -0.1) is 11.6 Å². The summed E-state index contributed by atoms with van der Waals surface area (Å²) in [5.74, 6) is 0.619. The quantitative estimate of drug-likeness (QED) is 0.471. The van der Waals surface area contributed by atoms with Crippen LogP contribution in [0.25, 0.3) is 0 Å². The molecule has 0 spiro atoms. The molecule has 0 saturated heterocycles. The Morgan fingerprint density at radius 1 is 0.889 bits per heavy atom. The Balaban J connectivity index is 3.05. The fourth-order valence-electron chi connectivity index (χ4n) is 2.49. The molecule has 0 atom stereocenters. The Kier molecular flexibility index (Phi) is 5.27. The lowest BCUT2D eigenvalue weighted by molar-refractivity contribution is 0.702. The van der Waals surface area contributed by atoms with E-state index >= 15 is 0 Å². The molecule has 0 N–H and O–H groups in total. The Bertz CT molecular complexity index is 371. The van der Waals surface area contributed by atoms with Crippen LogP contribution >= 0.6 is 19.5 Å². The first-order chi connectivity index (χ1) is 8.16. The first-order valence-electron chi connectivity index (χ1n) is 6.57. The summed E-state index contributed by atoms with van der Waals surface area (Å²) in [6, 6.07) is 8.60. The largest absolute Gasteiger partial charge is 0.122 e. The van der Waals surface area contributed by atoms with Crippen LogP contribution < -0.4 is 0 Å². The third-order valence-electron chi connectivity index (χ3n) is 3.21. The minimum Gasteiger partial charge on any atom is -0.122 e. The van der Waals surface area contributed by atoms with Gasteiger partial charge in [0.25, 0.3) is 0 Å². The molecule has 102 valence electrons. The molecule has 0 saturated carbocycles. The van der Waals surface area contributed by atoms with Gasteiger partial charge in [-0.1, -0.05) is 73.7 Å². The summed E-state index contributed by atoms with van der Waals surface area (Å²) in [6.07, 6.45) is 1.17. The van der Waals surface area contributed by atoms with Gasteiger partial charge in [0.2, 0.25) is 0 Å². The van der Waals surface area contributed by atoms with E-state index in [0.717, 1.165) is 0 Å². The van der Waals surface area contributed by atoms with E-state index in [9.17, 15) is 0 Å². The van der Waals surface area contributed by atoms with E-state index in [1.807, 2.05) is 0 Å². The second-order valence-electron chi connectivity index (χ2n) is 6.83. The van der Waals surface area contributed by atoms with E-state index in [1.165, 1.54) is 17.3 Å². The van der Waals surface area contributed by atoms with Gasteiger partial charge in [-0.05, 0) is 27.6 Å². The second kappa shape index (κ2) is 5.93. The molecule has 1 aromatic rings. The topological polar surface area (TPSA) is 0 Å². The fraction of sp³-hybridized carbons (Fsp3) is 0.625. The highest BCUT2D eigenvalue weighted by Crippen LogP contribution is 2.61. The molecule has 0 aliphatic rings. The molecule has 0 fully saturated rings. The van der Waals surface area contributed by atoms with E-state index in [0.29, 0.717) is 16.2 Å². The predicted octanol–water partition coefficient (Wildman–Crippen LogP) is 6.00. The summed E-state index contributed by atoms with van der Waals surface area (Å²) in [7, 11) is -0.0996. The highest BCUT2D eigenvalue weighted by atomic mass is 35.5. The van der Waals surface area contributed by atoms with E-state index < -0.39 is 0 Å². The Hall–Kier alpha value is -0.0600. The molecular formula is C16H26ClP. The van der Waals surface area contributed by atoms with E-state index in [4.69, 9.17) is 11.6 Å². The average molecular weight is 285 g/mol. The fourth-order valence-corrected chi connectivity index (χ4v) is 6.36. The zero-order valence-electron chi connectivity index (χ0n) is 12.5. The molecule has 0 radical (unpaired) electrons. The summed E-state index contributed by atoms with van der Waals surface area (Å²) in [4.78, 5) is 0. The van der Waals surface area contributed by atoms with Crippen LogP contribution in [0.5, 0.6) is 0 Å². The molecule has 0 heterocycles. The average Bonchev–Trinajstić information content (AvgIpc) is 2.23. The van der Waals surface area contributed by atoms with Crippen LogP contribution in [0, 0.1) is 0 Å². The molecule has 2 heteroatoms. The molecule has 0 bridgehead atoms. The standard InChI is InChI=1S/C16H26ClP/c1-15(2,3)18(16(4,5)6)12-14-10-8-7-9-13(14)11-17/h7-10H,11-12H2,1-6H3. The normalized spacial score (nSPS) is 13.1. The molecule has 0 aliphatic heterocycles. The SMILES string of the molecule is CC(C)(C)P(Cc1ccccc1CCl)C(C)(C)C. The minimum absolute atomic E-state index is 0.0996. The molecule has 18 heavy (non-hydrogen) atoms. The summed E-state index contributed by atoms with van der Waals surface area (Å²) < 4.78 is 0. The van der Waals surface area contributed by atoms with Gasteiger partial charge in [0.1, 0.15) is 0 Å². The third kappa shape index (κ3) is 4.25. The van der Waals surface area contributed by atoms with Crippen LogP contribution in [0.3, 0.4) is 0 Å². The van der Waals surface area contributed by atoms with E-state index in [2.05, 4.69) is 65.8 Å². The number of halogens is 1. The van der Waals surface area contributed by atoms with E-state index in [-0.39, 0.29) is 7.92 Å². The van der Waals surface area contributed by atoms with Crippen molar-refractivity contribution in [3.63, 3.8) is 0 Å². The molecule has 0 nitrogen and oxygen atoms in total. The van der Waals surface area contributed by atoms with Crippen molar-refractivity contribution < 1.29 is 0 Å². The molecule has 0 aliphatic carbocycles. The van der Waals surface area contributed by atoms with Gasteiger partial charge in [0.15, 0.2) is 0 Å². The minimum atomic E-state index is -0.0996. The molecule has 0 amide bonds. The lowest BCUT2D eigenvalue weighted by Gasteiger charge is -2.42. The summed E-state index contributed by atoms with van der Waals surface area (Å²) in [6.45, 7) is 14.2. The molecule has 1 aromatic carbocycles. The van der Waals surface area contributed by atoms with Crippen molar-refractivity contribution in [1.29, 1.82) is 0 Å². The van der Waals surface area contributed by atoms with Crippen molar-refractivity contribution in [2.75, 3.05) is 0 Å². The lowest BCUT2D eigenvalue weighted by atomic mass is 10.1. The first-order valence-corrected chi connectivity index (χ1v) is 8.63. The lowest BCUT2D eigenvalue weighted by Crippen LogP contribution is -2.26. The van der Waals surface area contributed by atoms with Gasteiger partial charge in [0.05, 0.1) is 0 Å². The van der Waals surface area contributed by atoms with Crippen molar-refractivity contribution in [1.82, 2.24) is 0 Å². The molecular weight excluding hydrogens is 259 g/mol. The maximum atomic E-state index is 6.05. The van der Waals surface area contributed by atoms with Gasteiger partial charge in [0, 0.05) is 5.88 Å². The van der Waals surface area contributed by atoms with Gasteiger partial charge in [-0.2, -0.15) is 0 Å². The molecule has 1 rings (SSSR count). The Morgan fingerprint density at radius 3 is 1.72 bits per heavy atom. The van der Waals surface area contributed by atoms with Crippen LogP contribution in [0.15, 0.2) is 24.3 Å². The molecule has 0 aromatic heterocycles. The number of rotatable bonds is 3. The maximum Gasteiger partial charge on any atom is 0.0476 e. The summed E-state index contributed by atoms with van der Waals surface area (Å²) in [5, 5.41) is 0.736. The number of benzene rings is 1. The summed E-state index contributed by atoms with van der Waals surface area (Å²) in [5.41, 5.74) is 2.73. The smallest absolute Gasteiger partial charge is 0.0476 e. The zero-order valence-corrected chi connectivity index (χ0v) is 14.2. The highest BCUT2D eigenvalue weighted by molar-refractivity contribution is 7.60. The van der Waals surface area contributed by atoms with Crippen molar-refractivity contribution in [3.05, 3.63) is 35.4 Å². The molecule has 0 unspecified atom stereocenters. The highest BCUT2D eigenvalue weighted by Gasteiger charge is 2.34. The van der Waals surface area contributed by atoms with Crippen LogP contribution in [-0.4, -0.2) is 10.3 Å². The van der Waals surface area contributed by atoms with Gasteiger partial charge >= 0.3 is 0 Å². The monoisotopic (exact) mass is 284 g/mol. The third-order valence-corrected chi connectivity index (χ3v) is 7.39. The first kappa shape index (κ1) is 16.0. The Labute approximate surface area is 119 Å².